The Morgan fingerprint density at radius 1 is 1.24 bits per heavy atom. The molecule has 0 radical (unpaired) electrons. The van der Waals surface area contributed by atoms with Crippen LogP contribution in [0.5, 0.6) is 0 Å². The number of esters is 1. The highest BCUT2D eigenvalue weighted by atomic mass is 32.3. The number of carbonyl (C=O) groups excluding carboxylic acids is 1. The molecular formula is C12H18F2N2O2S3. The van der Waals surface area contributed by atoms with E-state index in [2.05, 4.69) is 13.8 Å². The molecule has 0 bridgehead atoms. The van der Waals surface area contributed by atoms with E-state index in [0.717, 1.165) is 20.6 Å². The highest BCUT2D eigenvalue weighted by Crippen LogP contribution is 2.37. The van der Waals surface area contributed by atoms with E-state index in [1.165, 1.54) is 6.42 Å². The highest BCUT2D eigenvalue weighted by Gasteiger charge is 2.09. The van der Waals surface area contributed by atoms with Crippen molar-refractivity contribution in [3.8, 4) is 0 Å². The Morgan fingerprint density at radius 3 is 2.19 bits per heavy atom. The molecule has 1 aromatic carbocycles. The maximum absolute atomic E-state index is 12.2. The first-order valence-corrected chi connectivity index (χ1v) is 8.23. The number of hydrogen-bond donors (Lipinski definition) is 1. The zero-order valence-corrected chi connectivity index (χ0v) is 14.2. The van der Waals surface area contributed by atoms with Gasteiger partial charge in [0, 0.05) is 4.90 Å². The van der Waals surface area contributed by atoms with E-state index in [1.54, 1.807) is 24.3 Å². The van der Waals surface area contributed by atoms with E-state index in [4.69, 9.17) is 10.5 Å². The largest absolute Gasteiger partial charge is 0.460 e. The van der Waals surface area contributed by atoms with Crippen LogP contribution in [0, 0.1) is 0 Å². The van der Waals surface area contributed by atoms with Crippen molar-refractivity contribution in [2.75, 3.05) is 6.54 Å². The summed E-state index contributed by atoms with van der Waals surface area (Å²) in [7, 11) is 0. The molecule has 0 saturated heterocycles. The lowest BCUT2D eigenvalue weighted by Crippen LogP contribution is -2.16. The van der Waals surface area contributed by atoms with Crippen LogP contribution < -0.4 is 5.73 Å². The van der Waals surface area contributed by atoms with Gasteiger partial charge in [-0.25, -0.2) is 0 Å². The fourth-order valence-corrected chi connectivity index (χ4v) is 2.25. The van der Waals surface area contributed by atoms with Crippen molar-refractivity contribution in [3.05, 3.63) is 29.8 Å². The minimum atomic E-state index is -0.484. The van der Waals surface area contributed by atoms with E-state index in [-0.39, 0.29) is 37.8 Å². The Labute approximate surface area is 137 Å². The Hall–Kier alpha value is -0.480. The predicted molar refractivity (Wildman–Crippen MR) is 86.4 cm³/mol. The van der Waals surface area contributed by atoms with Gasteiger partial charge < -0.3 is 10.5 Å². The Bertz CT molecular complexity index is 393. The molecule has 0 aliphatic heterocycles. The predicted octanol–water partition coefficient (Wildman–Crippen LogP) is 4.48. The van der Waals surface area contributed by atoms with Gasteiger partial charge in [-0.3, -0.25) is 4.79 Å². The lowest BCUT2D eigenvalue weighted by atomic mass is 10.2. The number of hydrogen-bond acceptors (Lipinski definition) is 7. The summed E-state index contributed by atoms with van der Waals surface area (Å²) in [5, 5.41) is 0. The highest BCUT2D eigenvalue weighted by molar-refractivity contribution is 8.22. The van der Waals surface area contributed by atoms with Gasteiger partial charge in [0.1, 0.15) is 6.61 Å². The maximum atomic E-state index is 12.2. The monoisotopic (exact) mass is 356 g/mol. The van der Waals surface area contributed by atoms with Gasteiger partial charge in [-0.1, -0.05) is 35.5 Å². The zero-order chi connectivity index (χ0) is 16.1. The van der Waals surface area contributed by atoms with Crippen molar-refractivity contribution >= 4 is 42.6 Å². The van der Waals surface area contributed by atoms with Crippen LogP contribution in [-0.2, 0) is 16.1 Å². The molecule has 0 spiro atoms. The molecule has 0 aromatic heterocycles. The molecule has 0 amide bonds. The van der Waals surface area contributed by atoms with Crippen LogP contribution in [0.15, 0.2) is 29.2 Å². The number of nitrogens with two attached hydrogens (primary N) is 1. The fourth-order valence-electron chi connectivity index (χ4n) is 0.994. The quantitative estimate of drug-likeness (QED) is 0.571. The Balaban J connectivity index is 0.00000122. The average molecular weight is 356 g/mol. The van der Waals surface area contributed by atoms with Crippen LogP contribution in [0.1, 0.15) is 25.8 Å². The topological polar surface area (TPSA) is 55.6 Å². The molecule has 0 fully saturated rings. The molecule has 2 N–H and O–H groups in total. The summed E-state index contributed by atoms with van der Waals surface area (Å²) < 4.78 is 29.9. The third-order valence-electron chi connectivity index (χ3n) is 1.78. The van der Waals surface area contributed by atoms with Crippen molar-refractivity contribution in [3.63, 3.8) is 0 Å². The number of benzene rings is 1. The second kappa shape index (κ2) is 13.2. The third kappa shape index (κ3) is 9.97. The van der Waals surface area contributed by atoms with E-state index < -0.39 is 5.97 Å². The smallest absolute Gasteiger partial charge is 0.320 e. The van der Waals surface area contributed by atoms with Gasteiger partial charge in [-0.15, -0.1) is 7.77 Å². The molecule has 1 aromatic rings. The van der Waals surface area contributed by atoms with Gasteiger partial charge >= 0.3 is 5.97 Å². The van der Waals surface area contributed by atoms with Crippen LogP contribution in [0.25, 0.3) is 0 Å². The van der Waals surface area contributed by atoms with Crippen LogP contribution >= 0.6 is 36.6 Å². The zero-order valence-electron chi connectivity index (χ0n) is 11.8. The van der Waals surface area contributed by atoms with Crippen molar-refractivity contribution < 1.29 is 17.3 Å². The number of halogens is 2. The lowest BCUT2D eigenvalue weighted by Gasteiger charge is -2.08. The molecule has 21 heavy (non-hydrogen) atoms. The molecule has 0 saturated carbocycles. The molecule has 1 rings (SSSR count). The first-order valence-electron chi connectivity index (χ1n) is 6.11. The summed E-state index contributed by atoms with van der Waals surface area (Å²) in [6, 6.07) is 6.76. The molecule has 4 nitrogen and oxygen atoms in total. The summed E-state index contributed by atoms with van der Waals surface area (Å²) in [4.78, 5) is 11.5. The van der Waals surface area contributed by atoms with Gasteiger partial charge in [-0.2, -0.15) is 0 Å². The van der Waals surface area contributed by atoms with E-state index >= 15 is 0 Å². The number of carbonyl (C=O) groups is 1. The van der Waals surface area contributed by atoms with Crippen molar-refractivity contribution in [2.45, 2.75) is 31.8 Å². The summed E-state index contributed by atoms with van der Waals surface area (Å²) in [5.41, 5.74) is 5.86. The summed E-state index contributed by atoms with van der Waals surface area (Å²) in [5.74, 6) is -0.484. The second-order valence-electron chi connectivity index (χ2n) is 3.67. The fraction of sp³-hybridized carbons (Fsp3) is 0.417. The lowest BCUT2D eigenvalue weighted by molar-refractivity contribution is -0.143. The first-order chi connectivity index (χ1) is 10.1. The SMILES string of the molecule is CCC.NCC(=O)OCc1ccc(SN(SF)SF)cc1. The molecular weight excluding hydrogens is 338 g/mol. The van der Waals surface area contributed by atoms with Crippen molar-refractivity contribution in [2.24, 2.45) is 5.73 Å². The van der Waals surface area contributed by atoms with Gasteiger partial charge in [0.2, 0.25) is 0 Å². The number of nitrogens with zero attached hydrogens (tertiary/aromatic N) is 1. The maximum Gasteiger partial charge on any atom is 0.320 e. The summed E-state index contributed by atoms with van der Waals surface area (Å²) in [6.45, 7) is 4.21. The van der Waals surface area contributed by atoms with Gasteiger partial charge in [0.25, 0.3) is 0 Å². The normalized spacial score (nSPS) is 10.0. The number of rotatable bonds is 7. The van der Waals surface area contributed by atoms with E-state index in [1.807, 2.05) is 0 Å². The number of ether oxygens (including phenoxy) is 1. The molecule has 0 aliphatic carbocycles. The molecule has 120 valence electrons. The van der Waals surface area contributed by atoms with Crippen LogP contribution in [0.4, 0.5) is 7.77 Å². The second-order valence-corrected chi connectivity index (χ2v) is 6.39. The molecule has 0 aliphatic rings. The van der Waals surface area contributed by atoms with E-state index in [0.29, 0.717) is 4.90 Å². The molecule has 0 atom stereocenters. The summed E-state index contributed by atoms with van der Waals surface area (Å²) >= 11 is 0.482. The molecule has 0 unspecified atom stereocenters. The third-order valence-corrected chi connectivity index (χ3v) is 3.76. The Kier molecular flexibility index (Phi) is 12.9. The van der Waals surface area contributed by atoms with E-state index in [9.17, 15) is 12.6 Å². The first kappa shape index (κ1) is 20.5. The van der Waals surface area contributed by atoms with Crippen molar-refractivity contribution in [1.82, 2.24) is 3.12 Å². The molecule has 9 heteroatoms. The van der Waals surface area contributed by atoms with Crippen LogP contribution in [-0.4, -0.2) is 15.6 Å². The molecule has 0 heterocycles. The summed E-state index contributed by atoms with van der Waals surface area (Å²) in [6.07, 6.45) is 1.25. The van der Waals surface area contributed by atoms with Gasteiger partial charge in [-0.05, 0) is 29.6 Å². The van der Waals surface area contributed by atoms with Gasteiger partial charge in [0.05, 0.1) is 6.54 Å². The van der Waals surface area contributed by atoms with Crippen LogP contribution in [0.2, 0.25) is 0 Å². The van der Waals surface area contributed by atoms with Gasteiger partial charge in [0.15, 0.2) is 24.7 Å². The standard InChI is InChI=1S/C9H10F2N2O2S3.C3H8/c10-17-13(18-11)16-8-3-1-7(2-4-8)6-15-9(14)5-12;1-3-2/h1-4H,5-6,12H2;3H2,1-2H3. The average Bonchev–Trinajstić information content (AvgIpc) is 2.52. The van der Waals surface area contributed by atoms with Crippen LogP contribution in [0.3, 0.4) is 0 Å². The minimum Gasteiger partial charge on any atom is -0.460 e. The van der Waals surface area contributed by atoms with Crippen molar-refractivity contribution in [1.29, 1.82) is 0 Å². The minimum absolute atomic E-state index is 0.125. The Morgan fingerprint density at radius 2 is 1.76 bits per heavy atom.